The highest BCUT2D eigenvalue weighted by atomic mass is 32.1. The summed E-state index contributed by atoms with van der Waals surface area (Å²) in [5.41, 5.74) is 3.22. The number of hydrogen-bond acceptors (Lipinski definition) is 5. The van der Waals surface area contributed by atoms with Gasteiger partial charge in [0.15, 0.2) is 11.5 Å². The van der Waals surface area contributed by atoms with Crippen LogP contribution in [0.5, 0.6) is 11.5 Å². The average Bonchev–Trinajstić information content (AvgIpc) is 3.32. The number of halogens is 1. The van der Waals surface area contributed by atoms with E-state index in [1.807, 2.05) is 29.6 Å². The molecule has 4 rings (SSSR count). The first-order valence-corrected chi connectivity index (χ1v) is 11.0. The van der Waals surface area contributed by atoms with Crippen LogP contribution in [0.3, 0.4) is 0 Å². The summed E-state index contributed by atoms with van der Waals surface area (Å²) in [6.07, 6.45) is 0.843. The molecule has 162 valence electrons. The van der Waals surface area contributed by atoms with Crippen LogP contribution in [0.1, 0.15) is 27.6 Å². The van der Waals surface area contributed by atoms with Crippen LogP contribution in [0.2, 0.25) is 0 Å². The summed E-state index contributed by atoms with van der Waals surface area (Å²) in [6.45, 7) is 1.75. The van der Waals surface area contributed by atoms with Gasteiger partial charge in [-0.25, -0.2) is 4.39 Å². The van der Waals surface area contributed by atoms with E-state index >= 15 is 0 Å². The maximum atomic E-state index is 13.4. The summed E-state index contributed by atoms with van der Waals surface area (Å²) < 4.78 is 24.2. The molecule has 1 aliphatic rings. The molecule has 0 saturated carbocycles. The molecule has 31 heavy (non-hydrogen) atoms. The van der Waals surface area contributed by atoms with Crippen LogP contribution in [0.15, 0.2) is 53.9 Å². The number of carbonyl (C=O) groups excluding carboxylic acids is 1. The van der Waals surface area contributed by atoms with Gasteiger partial charge in [-0.1, -0.05) is 18.2 Å². The van der Waals surface area contributed by atoms with E-state index in [4.69, 9.17) is 9.47 Å². The Balaban J connectivity index is 1.46. The first-order valence-electron chi connectivity index (χ1n) is 10.1. The summed E-state index contributed by atoms with van der Waals surface area (Å²) in [5, 5.41) is 5.10. The second-order valence-corrected chi connectivity index (χ2v) is 8.48. The predicted molar refractivity (Wildman–Crippen MR) is 119 cm³/mol. The maximum absolute atomic E-state index is 13.4. The molecule has 0 radical (unpaired) electrons. The number of fused-ring (bicyclic) bond motifs is 1. The van der Waals surface area contributed by atoms with Gasteiger partial charge < -0.3 is 14.8 Å². The number of nitrogens with zero attached hydrogens (tertiary/aromatic N) is 1. The van der Waals surface area contributed by atoms with Gasteiger partial charge in [0, 0.05) is 18.0 Å². The highest BCUT2D eigenvalue weighted by Gasteiger charge is 2.23. The van der Waals surface area contributed by atoms with Gasteiger partial charge in [0.2, 0.25) is 5.91 Å². The SMILES string of the molecule is COc1cc2c(cc1OC)CN(CC(=O)NC(c1ccc(F)cc1)c1cccs1)CC2. The fraction of sp³-hybridized carbons (Fsp3) is 0.292. The van der Waals surface area contributed by atoms with Crippen LogP contribution in [0, 0.1) is 5.82 Å². The number of ether oxygens (including phenoxy) is 2. The standard InChI is InChI=1S/C24H25FN2O3S/c1-29-20-12-17-9-10-27(14-18(17)13-21(20)30-2)15-23(28)26-24(22-4-3-11-31-22)16-5-7-19(25)8-6-16/h3-8,11-13,24H,9-10,14-15H2,1-2H3,(H,26,28). The first-order chi connectivity index (χ1) is 15.1. The van der Waals surface area contributed by atoms with Crippen molar-refractivity contribution < 1.29 is 18.7 Å². The van der Waals surface area contributed by atoms with E-state index in [1.54, 1.807) is 37.7 Å². The average molecular weight is 441 g/mol. The Hall–Kier alpha value is -2.90. The number of amides is 1. The van der Waals surface area contributed by atoms with E-state index < -0.39 is 0 Å². The fourth-order valence-corrected chi connectivity index (χ4v) is 4.72. The minimum absolute atomic E-state index is 0.0633. The van der Waals surface area contributed by atoms with Crippen molar-refractivity contribution in [2.24, 2.45) is 0 Å². The zero-order valence-corrected chi connectivity index (χ0v) is 18.4. The third kappa shape index (κ3) is 4.89. The molecule has 1 amide bonds. The molecule has 0 saturated heterocycles. The lowest BCUT2D eigenvalue weighted by molar-refractivity contribution is -0.123. The van der Waals surface area contributed by atoms with Gasteiger partial charge in [-0.3, -0.25) is 9.69 Å². The number of rotatable bonds is 7. The van der Waals surface area contributed by atoms with Gasteiger partial charge in [-0.15, -0.1) is 11.3 Å². The molecule has 2 heterocycles. The molecule has 1 atom stereocenters. The highest BCUT2D eigenvalue weighted by Crippen LogP contribution is 2.33. The van der Waals surface area contributed by atoms with Gasteiger partial charge in [0.1, 0.15) is 5.82 Å². The summed E-state index contributed by atoms with van der Waals surface area (Å²) in [5.74, 6) is 1.07. The number of nitrogens with one attached hydrogen (secondary N) is 1. The Morgan fingerprint density at radius 3 is 2.48 bits per heavy atom. The topological polar surface area (TPSA) is 50.8 Å². The van der Waals surface area contributed by atoms with E-state index in [2.05, 4.69) is 10.2 Å². The van der Waals surface area contributed by atoms with Crippen LogP contribution in [0.25, 0.3) is 0 Å². The quantitative estimate of drug-likeness (QED) is 0.599. The van der Waals surface area contributed by atoms with Crippen molar-refractivity contribution in [1.82, 2.24) is 10.2 Å². The lowest BCUT2D eigenvalue weighted by atomic mass is 9.98. The van der Waals surface area contributed by atoms with Crippen molar-refractivity contribution in [3.8, 4) is 11.5 Å². The van der Waals surface area contributed by atoms with E-state index in [0.29, 0.717) is 12.3 Å². The number of carbonyl (C=O) groups is 1. The van der Waals surface area contributed by atoms with Crippen molar-refractivity contribution in [2.45, 2.75) is 19.0 Å². The molecular formula is C24H25FN2O3S. The number of thiophene rings is 1. The Kier molecular flexibility index (Phi) is 6.53. The van der Waals surface area contributed by atoms with E-state index in [9.17, 15) is 9.18 Å². The molecule has 1 N–H and O–H groups in total. The molecule has 0 fully saturated rings. The second kappa shape index (κ2) is 9.49. The number of hydrogen-bond donors (Lipinski definition) is 1. The Morgan fingerprint density at radius 2 is 1.84 bits per heavy atom. The van der Waals surface area contributed by atoms with Gasteiger partial charge >= 0.3 is 0 Å². The van der Waals surface area contributed by atoms with E-state index in [0.717, 1.165) is 34.7 Å². The lowest BCUT2D eigenvalue weighted by Crippen LogP contribution is -2.41. The Labute approximate surface area is 185 Å². The third-order valence-electron chi connectivity index (χ3n) is 5.50. The molecular weight excluding hydrogens is 415 g/mol. The van der Waals surface area contributed by atoms with Crippen molar-refractivity contribution in [3.05, 3.63) is 81.3 Å². The molecule has 2 aromatic carbocycles. The predicted octanol–water partition coefficient (Wildman–Crippen LogP) is 4.17. The van der Waals surface area contributed by atoms with Crippen molar-refractivity contribution in [3.63, 3.8) is 0 Å². The van der Waals surface area contributed by atoms with Crippen LogP contribution in [0.4, 0.5) is 4.39 Å². The summed E-state index contributed by atoms with van der Waals surface area (Å²) in [6, 6.07) is 13.9. The van der Waals surface area contributed by atoms with Crippen molar-refractivity contribution in [2.75, 3.05) is 27.3 Å². The van der Waals surface area contributed by atoms with Crippen molar-refractivity contribution >= 4 is 17.2 Å². The molecule has 0 spiro atoms. The van der Waals surface area contributed by atoms with Crippen LogP contribution < -0.4 is 14.8 Å². The minimum atomic E-state index is -0.297. The number of benzene rings is 2. The van der Waals surface area contributed by atoms with Gasteiger partial charge in [-0.2, -0.15) is 0 Å². The molecule has 3 aromatic rings. The molecule has 0 aliphatic carbocycles. The summed E-state index contributed by atoms with van der Waals surface area (Å²) in [7, 11) is 3.26. The summed E-state index contributed by atoms with van der Waals surface area (Å²) in [4.78, 5) is 16.1. The van der Waals surface area contributed by atoms with Gasteiger partial charge in [0.05, 0.1) is 26.8 Å². The van der Waals surface area contributed by atoms with Crippen LogP contribution >= 0.6 is 11.3 Å². The largest absolute Gasteiger partial charge is 0.493 e. The normalized spacial score (nSPS) is 14.5. The zero-order valence-electron chi connectivity index (χ0n) is 17.6. The minimum Gasteiger partial charge on any atom is -0.493 e. The van der Waals surface area contributed by atoms with Crippen LogP contribution in [-0.2, 0) is 17.8 Å². The monoisotopic (exact) mass is 440 g/mol. The van der Waals surface area contributed by atoms with E-state index in [-0.39, 0.29) is 24.3 Å². The first kappa shape index (κ1) is 21.3. The summed E-state index contributed by atoms with van der Waals surface area (Å²) >= 11 is 1.57. The molecule has 5 nitrogen and oxygen atoms in total. The number of methoxy groups -OCH3 is 2. The molecule has 1 aromatic heterocycles. The third-order valence-corrected chi connectivity index (χ3v) is 6.44. The second-order valence-electron chi connectivity index (χ2n) is 7.50. The van der Waals surface area contributed by atoms with Gasteiger partial charge in [-0.05, 0) is 58.8 Å². The van der Waals surface area contributed by atoms with Gasteiger partial charge in [0.25, 0.3) is 0 Å². The Morgan fingerprint density at radius 1 is 1.13 bits per heavy atom. The highest BCUT2D eigenvalue weighted by molar-refractivity contribution is 7.10. The molecule has 7 heteroatoms. The zero-order chi connectivity index (χ0) is 21.8. The van der Waals surface area contributed by atoms with E-state index in [1.165, 1.54) is 17.7 Å². The van der Waals surface area contributed by atoms with Crippen LogP contribution in [-0.4, -0.2) is 38.1 Å². The Bertz CT molecular complexity index is 1040. The fourth-order valence-electron chi connectivity index (χ4n) is 3.92. The lowest BCUT2D eigenvalue weighted by Gasteiger charge is -2.29. The molecule has 1 aliphatic heterocycles. The smallest absolute Gasteiger partial charge is 0.234 e. The molecule has 1 unspecified atom stereocenters. The van der Waals surface area contributed by atoms with Crippen molar-refractivity contribution in [1.29, 1.82) is 0 Å². The molecule has 0 bridgehead atoms. The maximum Gasteiger partial charge on any atom is 0.234 e.